The minimum absolute atomic E-state index is 0.428. The average Bonchev–Trinajstić information content (AvgIpc) is 2.35. The highest BCUT2D eigenvalue weighted by Gasteiger charge is 2.03. The average molecular weight is 215 g/mol. The van der Waals surface area contributed by atoms with Crippen molar-refractivity contribution in [1.82, 2.24) is 0 Å². The van der Waals surface area contributed by atoms with E-state index in [1.807, 2.05) is 30.3 Å². The monoisotopic (exact) mass is 215 g/mol. The number of methoxy groups -OCH3 is 1. The molecule has 0 saturated heterocycles. The van der Waals surface area contributed by atoms with Gasteiger partial charge in [0.15, 0.2) is 0 Å². The first-order chi connectivity index (χ1) is 7.71. The molecule has 0 aliphatic carbocycles. The Balaban J connectivity index is 2.96. The Kier molecular flexibility index (Phi) is 4.60. The minimum atomic E-state index is 0.428. The third-order valence-corrected chi connectivity index (χ3v) is 2.62. The Hall–Kier alpha value is -1.75. The zero-order valence-corrected chi connectivity index (χ0v) is 10.0. The maximum atomic E-state index is 9.10. The Morgan fingerprint density at radius 2 is 2.06 bits per heavy atom. The number of hydrogen-bond acceptors (Lipinski definition) is 2. The molecule has 0 aromatic heterocycles. The van der Waals surface area contributed by atoms with E-state index >= 15 is 0 Å². The highest BCUT2D eigenvalue weighted by molar-refractivity contribution is 5.77. The quantitative estimate of drug-likeness (QED) is 0.718. The summed E-state index contributed by atoms with van der Waals surface area (Å²) in [5.41, 5.74) is 1.68. The molecule has 0 aliphatic heterocycles. The van der Waals surface area contributed by atoms with Crippen LogP contribution in [0.3, 0.4) is 0 Å². The van der Waals surface area contributed by atoms with Gasteiger partial charge >= 0.3 is 0 Å². The zero-order chi connectivity index (χ0) is 12.0. The van der Waals surface area contributed by atoms with Gasteiger partial charge in [-0.25, -0.2) is 0 Å². The predicted molar refractivity (Wildman–Crippen MR) is 66.0 cm³/mol. The molecule has 1 aromatic rings. The van der Waals surface area contributed by atoms with Crippen molar-refractivity contribution in [2.24, 2.45) is 5.92 Å². The summed E-state index contributed by atoms with van der Waals surface area (Å²) < 4.78 is 5.08. The molecule has 1 rings (SSSR count). The Labute approximate surface area is 97.2 Å². The second kappa shape index (κ2) is 5.97. The van der Waals surface area contributed by atoms with E-state index in [9.17, 15) is 0 Å². The fourth-order valence-electron chi connectivity index (χ4n) is 1.37. The molecule has 0 fully saturated rings. The van der Waals surface area contributed by atoms with Crippen molar-refractivity contribution in [3.63, 3.8) is 0 Å². The van der Waals surface area contributed by atoms with Crippen molar-refractivity contribution in [2.45, 2.75) is 20.3 Å². The molecule has 1 aromatic carbocycles. The highest BCUT2D eigenvalue weighted by Crippen LogP contribution is 2.20. The van der Waals surface area contributed by atoms with E-state index in [4.69, 9.17) is 10.00 Å². The van der Waals surface area contributed by atoms with Crippen LogP contribution in [-0.2, 0) is 0 Å². The van der Waals surface area contributed by atoms with Crippen LogP contribution in [0, 0.1) is 17.2 Å². The molecule has 0 radical (unpaired) electrons. The number of rotatable bonds is 4. The predicted octanol–water partition coefficient (Wildman–Crippen LogP) is 3.65. The van der Waals surface area contributed by atoms with Gasteiger partial charge in [0.1, 0.15) is 5.75 Å². The SMILES string of the molecule is CCC(C)/C=C(\C#N)c1ccc(OC)cc1. The summed E-state index contributed by atoms with van der Waals surface area (Å²) >= 11 is 0. The lowest BCUT2D eigenvalue weighted by molar-refractivity contribution is 0.415. The number of allylic oxidation sites excluding steroid dienone is 2. The molecule has 0 amide bonds. The normalized spacial score (nSPS) is 13.0. The molecule has 0 saturated carbocycles. The molecule has 1 atom stereocenters. The lowest BCUT2D eigenvalue weighted by atomic mass is 10.0. The van der Waals surface area contributed by atoms with Gasteiger partial charge in [0, 0.05) is 0 Å². The van der Waals surface area contributed by atoms with Gasteiger partial charge in [-0.1, -0.05) is 26.3 Å². The third-order valence-electron chi connectivity index (χ3n) is 2.62. The summed E-state index contributed by atoms with van der Waals surface area (Å²) in [6.07, 6.45) is 3.06. The number of hydrogen-bond donors (Lipinski definition) is 0. The summed E-state index contributed by atoms with van der Waals surface area (Å²) in [7, 11) is 1.63. The van der Waals surface area contributed by atoms with Crippen molar-refractivity contribution in [3.05, 3.63) is 35.9 Å². The summed E-state index contributed by atoms with van der Waals surface area (Å²) in [5.74, 6) is 1.24. The van der Waals surface area contributed by atoms with Crippen LogP contribution in [0.2, 0.25) is 0 Å². The van der Waals surface area contributed by atoms with Gasteiger partial charge < -0.3 is 4.74 Å². The largest absolute Gasteiger partial charge is 0.497 e. The van der Waals surface area contributed by atoms with Crippen LogP contribution in [0.5, 0.6) is 5.75 Å². The number of benzene rings is 1. The number of nitriles is 1. The van der Waals surface area contributed by atoms with Gasteiger partial charge in [0.25, 0.3) is 0 Å². The molecule has 16 heavy (non-hydrogen) atoms. The fourth-order valence-corrected chi connectivity index (χ4v) is 1.37. The first kappa shape index (κ1) is 12.3. The van der Waals surface area contributed by atoms with Crippen LogP contribution in [0.25, 0.3) is 5.57 Å². The van der Waals surface area contributed by atoms with Crippen LogP contribution >= 0.6 is 0 Å². The van der Waals surface area contributed by atoms with Crippen LogP contribution in [0.4, 0.5) is 0 Å². The van der Waals surface area contributed by atoms with Crippen LogP contribution in [0.1, 0.15) is 25.8 Å². The van der Waals surface area contributed by atoms with Gasteiger partial charge in [0.05, 0.1) is 18.8 Å². The topological polar surface area (TPSA) is 33.0 Å². The molecule has 0 bridgehead atoms. The Morgan fingerprint density at radius 1 is 1.44 bits per heavy atom. The van der Waals surface area contributed by atoms with Crippen LogP contribution < -0.4 is 4.74 Å². The fraction of sp³-hybridized carbons (Fsp3) is 0.357. The summed E-state index contributed by atoms with van der Waals surface area (Å²) in [6.45, 7) is 4.23. The first-order valence-electron chi connectivity index (χ1n) is 5.47. The second-order valence-corrected chi connectivity index (χ2v) is 3.81. The molecule has 0 aliphatic rings. The van der Waals surface area contributed by atoms with Crippen molar-refractivity contribution in [3.8, 4) is 11.8 Å². The molecule has 2 heteroatoms. The standard InChI is InChI=1S/C14H17NO/c1-4-11(2)9-13(10-15)12-5-7-14(16-3)8-6-12/h5-9,11H,4H2,1-3H3/b13-9+. The molecule has 1 unspecified atom stereocenters. The van der Waals surface area contributed by atoms with E-state index < -0.39 is 0 Å². The summed E-state index contributed by atoms with van der Waals surface area (Å²) in [4.78, 5) is 0. The lowest BCUT2D eigenvalue weighted by Gasteiger charge is -2.05. The second-order valence-electron chi connectivity index (χ2n) is 3.81. The van der Waals surface area contributed by atoms with E-state index in [1.54, 1.807) is 7.11 Å². The smallest absolute Gasteiger partial charge is 0.118 e. The van der Waals surface area contributed by atoms with Gasteiger partial charge in [-0.2, -0.15) is 5.26 Å². The van der Waals surface area contributed by atoms with Crippen LogP contribution in [-0.4, -0.2) is 7.11 Å². The van der Waals surface area contributed by atoms with E-state index in [0.29, 0.717) is 5.92 Å². The summed E-state index contributed by atoms with van der Waals surface area (Å²) in [6, 6.07) is 9.81. The van der Waals surface area contributed by atoms with Gasteiger partial charge in [0.2, 0.25) is 0 Å². The van der Waals surface area contributed by atoms with E-state index in [2.05, 4.69) is 19.9 Å². The summed E-state index contributed by atoms with van der Waals surface area (Å²) in [5, 5.41) is 9.10. The van der Waals surface area contributed by atoms with Crippen LogP contribution in [0.15, 0.2) is 30.3 Å². The van der Waals surface area contributed by atoms with Gasteiger partial charge in [-0.3, -0.25) is 0 Å². The minimum Gasteiger partial charge on any atom is -0.497 e. The van der Waals surface area contributed by atoms with Crippen molar-refractivity contribution >= 4 is 5.57 Å². The van der Waals surface area contributed by atoms with Crippen molar-refractivity contribution < 1.29 is 4.74 Å². The van der Waals surface area contributed by atoms with Gasteiger partial charge in [-0.05, 0) is 35.7 Å². The number of nitrogens with zero attached hydrogens (tertiary/aromatic N) is 1. The lowest BCUT2D eigenvalue weighted by Crippen LogP contribution is -1.90. The third kappa shape index (κ3) is 3.13. The molecule has 2 nitrogen and oxygen atoms in total. The molecule has 0 N–H and O–H groups in total. The maximum absolute atomic E-state index is 9.10. The first-order valence-corrected chi connectivity index (χ1v) is 5.47. The molecular formula is C14H17NO. The van der Waals surface area contributed by atoms with E-state index in [0.717, 1.165) is 23.3 Å². The van der Waals surface area contributed by atoms with E-state index in [1.165, 1.54) is 0 Å². The molecule has 0 heterocycles. The molecule has 0 spiro atoms. The molecule has 84 valence electrons. The van der Waals surface area contributed by atoms with E-state index in [-0.39, 0.29) is 0 Å². The Bertz CT molecular complexity index is 398. The van der Waals surface area contributed by atoms with Crippen molar-refractivity contribution in [2.75, 3.05) is 7.11 Å². The van der Waals surface area contributed by atoms with Gasteiger partial charge in [-0.15, -0.1) is 0 Å². The highest BCUT2D eigenvalue weighted by atomic mass is 16.5. The Morgan fingerprint density at radius 3 is 2.50 bits per heavy atom. The maximum Gasteiger partial charge on any atom is 0.118 e. The molecular weight excluding hydrogens is 198 g/mol. The zero-order valence-electron chi connectivity index (χ0n) is 10.0. The number of ether oxygens (including phenoxy) is 1. The van der Waals surface area contributed by atoms with Crippen molar-refractivity contribution in [1.29, 1.82) is 5.26 Å².